The van der Waals surface area contributed by atoms with E-state index in [1.54, 1.807) is 0 Å². The smallest absolute Gasteiger partial charge is 0.121 e. The molecule has 0 unspecified atom stereocenters. The van der Waals surface area contributed by atoms with Gasteiger partial charge in [0, 0.05) is 0 Å². The zero-order valence-corrected chi connectivity index (χ0v) is 4.89. The van der Waals surface area contributed by atoms with E-state index in [1.807, 2.05) is 45.2 Å². The van der Waals surface area contributed by atoms with Gasteiger partial charge in [0.25, 0.3) is 0 Å². The van der Waals surface area contributed by atoms with Crippen LogP contribution >= 0.6 is 0 Å². The van der Waals surface area contributed by atoms with Crippen LogP contribution in [0.2, 0.25) is 0 Å². The van der Waals surface area contributed by atoms with Crippen LogP contribution in [0.25, 0.3) is 0 Å². The van der Waals surface area contributed by atoms with Crippen molar-refractivity contribution in [2.75, 3.05) is 0 Å². The fourth-order valence-electron chi connectivity index (χ4n) is 0.286. The molecule has 0 saturated carbocycles. The average molecular weight is 93.0 g/mol. The van der Waals surface area contributed by atoms with E-state index in [0.717, 1.165) is 0 Å². The van der Waals surface area contributed by atoms with Crippen LogP contribution in [-0.4, -0.2) is 7.28 Å². The summed E-state index contributed by atoms with van der Waals surface area (Å²) < 4.78 is 0. The van der Waals surface area contributed by atoms with Crippen LogP contribution in [0, 0.1) is 0 Å². The first kappa shape index (κ1) is 6.54. The molecule has 0 saturated heterocycles. The van der Waals surface area contributed by atoms with Crippen molar-refractivity contribution in [2.45, 2.75) is 13.8 Å². The maximum Gasteiger partial charge on any atom is 0.170 e. The third kappa shape index (κ3) is 5.54. The molecular formula is C6H10B. The Balaban J connectivity index is 2.98. The molecule has 0 nitrogen and oxygen atoms in total. The van der Waals surface area contributed by atoms with Gasteiger partial charge in [-0.3, -0.25) is 0 Å². The Kier molecular flexibility index (Phi) is 5.18. The maximum atomic E-state index is 2.00. The van der Waals surface area contributed by atoms with Gasteiger partial charge in [0.05, 0.1) is 0 Å². The first-order valence-corrected chi connectivity index (χ1v) is 2.49. The van der Waals surface area contributed by atoms with Crippen molar-refractivity contribution in [3.05, 3.63) is 24.1 Å². The molecule has 0 aromatic rings. The number of allylic oxidation sites excluding steroid dienone is 2. The second-order valence-corrected chi connectivity index (χ2v) is 1.24. The van der Waals surface area contributed by atoms with Crippen LogP contribution in [0.1, 0.15) is 13.8 Å². The van der Waals surface area contributed by atoms with Gasteiger partial charge in [-0.2, -0.15) is 0 Å². The minimum absolute atomic E-state index is 2.00. The molecule has 37 valence electrons. The molecule has 0 aliphatic carbocycles. The molecule has 0 heterocycles. The van der Waals surface area contributed by atoms with E-state index < -0.39 is 0 Å². The van der Waals surface area contributed by atoms with Crippen molar-refractivity contribution < 1.29 is 0 Å². The summed E-state index contributed by atoms with van der Waals surface area (Å²) in [6, 6.07) is 0. The Hall–Kier alpha value is -0.455. The zero-order valence-electron chi connectivity index (χ0n) is 4.89. The maximum absolute atomic E-state index is 2.00. The number of rotatable bonds is 2. The van der Waals surface area contributed by atoms with E-state index in [2.05, 4.69) is 0 Å². The molecule has 0 spiro atoms. The van der Waals surface area contributed by atoms with Crippen LogP contribution in [0.5, 0.6) is 0 Å². The van der Waals surface area contributed by atoms with Gasteiger partial charge in [0.1, 0.15) is 0 Å². The predicted molar refractivity (Wildman–Crippen MR) is 35.4 cm³/mol. The molecule has 0 aromatic heterocycles. The van der Waals surface area contributed by atoms with Gasteiger partial charge in [-0.25, -0.2) is 0 Å². The van der Waals surface area contributed by atoms with Crippen molar-refractivity contribution in [1.29, 1.82) is 0 Å². The third-order valence-corrected chi connectivity index (χ3v) is 0.607. The number of hydrogen-bond acceptors (Lipinski definition) is 0. The van der Waals surface area contributed by atoms with Gasteiger partial charge < -0.3 is 0 Å². The lowest BCUT2D eigenvalue weighted by molar-refractivity contribution is 1.76. The molecule has 0 rings (SSSR count). The molecule has 0 fully saturated rings. The molecule has 7 heavy (non-hydrogen) atoms. The van der Waals surface area contributed by atoms with E-state index in [1.165, 1.54) is 0 Å². The molecule has 0 N–H and O–H groups in total. The summed E-state index contributed by atoms with van der Waals surface area (Å²) in [5.41, 5.74) is 0. The van der Waals surface area contributed by atoms with E-state index in [9.17, 15) is 0 Å². The molecule has 1 radical (unpaired) electrons. The highest BCUT2D eigenvalue weighted by atomic mass is 13.5. The van der Waals surface area contributed by atoms with E-state index in [0.29, 0.717) is 0 Å². The SMILES string of the molecule is C/C=C\[B]/C=C\C. The normalized spacial score (nSPS) is 11.1. The van der Waals surface area contributed by atoms with Crippen molar-refractivity contribution in [1.82, 2.24) is 0 Å². The fraction of sp³-hybridized carbons (Fsp3) is 0.333. The zero-order chi connectivity index (χ0) is 5.54. The lowest BCUT2D eigenvalue weighted by atomic mass is 9.78. The van der Waals surface area contributed by atoms with E-state index in [4.69, 9.17) is 0 Å². The monoisotopic (exact) mass is 93.1 g/mol. The molecule has 1 heteroatoms. The van der Waals surface area contributed by atoms with Gasteiger partial charge in [-0.15, -0.1) is 24.1 Å². The highest BCUT2D eigenvalue weighted by Crippen LogP contribution is 1.69. The molecule has 0 aliphatic rings. The molecule has 0 aliphatic heterocycles. The summed E-state index contributed by atoms with van der Waals surface area (Å²) >= 11 is 0. The largest absolute Gasteiger partial charge is 0.170 e. The lowest BCUT2D eigenvalue weighted by Gasteiger charge is -1.70. The molecule has 0 aromatic carbocycles. The Morgan fingerprint density at radius 1 is 1.00 bits per heavy atom. The quantitative estimate of drug-likeness (QED) is 0.456. The molecular weight excluding hydrogens is 82.9 g/mol. The van der Waals surface area contributed by atoms with Gasteiger partial charge in [-0.05, 0) is 13.8 Å². The van der Waals surface area contributed by atoms with Gasteiger partial charge in [0.15, 0.2) is 7.28 Å². The summed E-state index contributed by atoms with van der Waals surface area (Å²) in [5, 5.41) is 0. The molecule has 0 amide bonds. The first-order valence-electron chi connectivity index (χ1n) is 2.49. The molecule has 0 atom stereocenters. The van der Waals surface area contributed by atoms with Gasteiger partial charge >= 0.3 is 0 Å². The Labute approximate surface area is 46.2 Å². The van der Waals surface area contributed by atoms with E-state index >= 15 is 0 Å². The highest BCUT2D eigenvalue weighted by Gasteiger charge is 1.66. The topological polar surface area (TPSA) is 0 Å². The minimum Gasteiger partial charge on any atom is -0.121 e. The third-order valence-electron chi connectivity index (χ3n) is 0.607. The summed E-state index contributed by atoms with van der Waals surface area (Å²) in [4.78, 5) is 0. The Morgan fingerprint density at radius 2 is 1.43 bits per heavy atom. The van der Waals surface area contributed by atoms with Gasteiger partial charge in [0.2, 0.25) is 0 Å². The Morgan fingerprint density at radius 3 is 1.71 bits per heavy atom. The van der Waals surface area contributed by atoms with Crippen molar-refractivity contribution >= 4 is 7.28 Å². The molecule has 0 bridgehead atoms. The predicted octanol–water partition coefficient (Wildman–Crippen LogP) is 1.76. The van der Waals surface area contributed by atoms with Crippen LogP contribution in [0.3, 0.4) is 0 Å². The van der Waals surface area contributed by atoms with Crippen molar-refractivity contribution in [3.8, 4) is 0 Å². The van der Waals surface area contributed by atoms with Crippen LogP contribution in [0.4, 0.5) is 0 Å². The summed E-state index contributed by atoms with van der Waals surface area (Å²) in [6.45, 7) is 4.00. The average Bonchev–Trinajstić information content (AvgIpc) is 1.69. The van der Waals surface area contributed by atoms with Crippen LogP contribution in [0.15, 0.2) is 24.1 Å². The second kappa shape index (κ2) is 5.54. The number of hydrogen-bond donors (Lipinski definition) is 0. The first-order chi connectivity index (χ1) is 3.41. The van der Waals surface area contributed by atoms with Crippen molar-refractivity contribution in [2.24, 2.45) is 0 Å². The summed E-state index contributed by atoms with van der Waals surface area (Å²) in [5.74, 6) is 4.00. The van der Waals surface area contributed by atoms with Crippen molar-refractivity contribution in [3.63, 3.8) is 0 Å². The summed E-state index contributed by atoms with van der Waals surface area (Å²) in [7, 11) is 2.00. The van der Waals surface area contributed by atoms with Crippen LogP contribution in [-0.2, 0) is 0 Å². The minimum atomic E-state index is 2.00. The Bertz CT molecular complexity index is 62.2. The highest BCUT2D eigenvalue weighted by molar-refractivity contribution is 6.48. The standard InChI is InChI=1S/C6H10B/c1-3-5-7-6-4-2/h3-6H,1-2H3/b5-3-,6-4-. The second-order valence-electron chi connectivity index (χ2n) is 1.24. The van der Waals surface area contributed by atoms with Crippen LogP contribution < -0.4 is 0 Å². The van der Waals surface area contributed by atoms with E-state index in [-0.39, 0.29) is 0 Å². The lowest BCUT2D eigenvalue weighted by Crippen LogP contribution is -1.72. The fourth-order valence-corrected chi connectivity index (χ4v) is 0.286. The van der Waals surface area contributed by atoms with Gasteiger partial charge in [-0.1, -0.05) is 0 Å². The summed E-state index contributed by atoms with van der Waals surface area (Å²) in [6.07, 6.45) is 4.00.